The third-order valence-corrected chi connectivity index (χ3v) is 4.92. The molecule has 0 aliphatic carbocycles. The second-order valence-electron chi connectivity index (χ2n) is 7.14. The van der Waals surface area contributed by atoms with Crippen molar-refractivity contribution in [2.45, 2.75) is 32.3 Å². The van der Waals surface area contributed by atoms with Gasteiger partial charge in [-0.15, -0.1) is 12.4 Å². The van der Waals surface area contributed by atoms with E-state index >= 15 is 0 Å². The predicted octanol–water partition coefficient (Wildman–Crippen LogP) is 4.09. The highest BCUT2D eigenvalue weighted by Crippen LogP contribution is 2.29. The maximum absolute atomic E-state index is 13.0. The average Bonchev–Trinajstić information content (AvgIpc) is 2.68. The van der Waals surface area contributed by atoms with E-state index in [1.165, 1.54) is 11.1 Å². The molecule has 1 atom stereocenters. The molecule has 2 aromatic rings. The number of halogens is 1. The molecule has 1 unspecified atom stereocenters. The van der Waals surface area contributed by atoms with Crippen molar-refractivity contribution in [3.63, 3.8) is 0 Å². The Morgan fingerprint density at radius 1 is 1.22 bits per heavy atom. The molecular weight excluding hydrogens is 360 g/mol. The smallest absolute Gasteiger partial charge is 0.254 e. The van der Waals surface area contributed by atoms with Gasteiger partial charge < -0.3 is 15.4 Å². The molecule has 1 amide bonds. The Bertz CT molecular complexity index is 761. The van der Waals surface area contributed by atoms with Crippen LogP contribution in [0.25, 0.3) is 11.1 Å². The van der Waals surface area contributed by atoms with Gasteiger partial charge in [0.2, 0.25) is 0 Å². The first-order chi connectivity index (χ1) is 12.6. The second kappa shape index (κ2) is 9.88. The summed E-state index contributed by atoms with van der Waals surface area (Å²) < 4.78 is 5.70. The van der Waals surface area contributed by atoms with E-state index in [9.17, 15) is 4.79 Å². The molecule has 27 heavy (non-hydrogen) atoms. The van der Waals surface area contributed by atoms with E-state index < -0.39 is 0 Å². The maximum Gasteiger partial charge on any atom is 0.254 e. The number of carbonyl (C=O) groups is 1. The van der Waals surface area contributed by atoms with Crippen LogP contribution in [0.5, 0.6) is 0 Å². The normalized spacial score (nSPS) is 16.9. The van der Waals surface area contributed by atoms with Gasteiger partial charge in [0.25, 0.3) is 5.91 Å². The fourth-order valence-electron chi connectivity index (χ4n) is 3.53. The van der Waals surface area contributed by atoms with E-state index in [0.717, 1.165) is 17.5 Å². The number of benzene rings is 2. The van der Waals surface area contributed by atoms with Gasteiger partial charge in [-0.25, -0.2) is 0 Å². The first-order valence-electron chi connectivity index (χ1n) is 9.40. The summed E-state index contributed by atoms with van der Waals surface area (Å²) in [6, 6.07) is 16.4. The van der Waals surface area contributed by atoms with E-state index in [1.54, 1.807) is 0 Å². The van der Waals surface area contributed by atoms with Crippen molar-refractivity contribution in [1.29, 1.82) is 0 Å². The molecule has 5 heteroatoms. The predicted molar refractivity (Wildman–Crippen MR) is 113 cm³/mol. The van der Waals surface area contributed by atoms with Gasteiger partial charge in [-0.05, 0) is 47.7 Å². The largest absolute Gasteiger partial charge is 0.374 e. The van der Waals surface area contributed by atoms with Crippen LogP contribution < -0.4 is 5.73 Å². The minimum Gasteiger partial charge on any atom is -0.374 e. The van der Waals surface area contributed by atoms with Gasteiger partial charge in [0.05, 0.1) is 12.7 Å². The molecule has 4 nitrogen and oxygen atoms in total. The standard InChI is InChI=1S/C22H28N2O2.ClH/c1-16(2)20-8-3-4-9-21(20)17-6-5-7-18(14-17)22(25)24-12-13-26-19(15-24)10-11-23;/h3-9,14,16,19H,10-13,15,23H2,1-2H3;1H. The van der Waals surface area contributed by atoms with Gasteiger partial charge in [0.15, 0.2) is 0 Å². The lowest BCUT2D eigenvalue weighted by atomic mass is 9.92. The average molecular weight is 389 g/mol. The zero-order valence-electron chi connectivity index (χ0n) is 16.1. The van der Waals surface area contributed by atoms with E-state index in [1.807, 2.05) is 23.1 Å². The van der Waals surface area contributed by atoms with Crippen molar-refractivity contribution in [3.05, 3.63) is 59.7 Å². The fraction of sp³-hybridized carbons (Fsp3) is 0.409. The van der Waals surface area contributed by atoms with Crippen molar-refractivity contribution >= 4 is 18.3 Å². The summed E-state index contributed by atoms with van der Waals surface area (Å²) >= 11 is 0. The Hall–Kier alpha value is -1.88. The monoisotopic (exact) mass is 388 g/mol. The summed E-state index contributed by atoms with van der Waals surface area (Å²) in [6.45, 7) is 6.79. The number of morpholine rings is 1. The Labute approximate surface area is 168 Å². The summed E-state index contributed by atoms with van der Waals surface area (Å²) in [5, 5.41) is 0. The lowest BCUT2D eigenvalue weighted by Gasteiger charge is -2.33. The minimum atomic E-state index is 0. The topological polar surface area (TPSA) is 55.6 Å². The molecule has 2 aromatic carbocycles. The zero-order chi connectivity index (χ0) is 18.5. The summed E-state index contributed by atoms with van der Waals surface area (Å²) in [4.78, 5) is 14.9. The number of nitrogens with zero attached hydrogens (tertiary/aromatic N) is 1. The summed E-state index contributed by atoms with van der Waals surface area (Å²) in [6.07, 6.45) is 0.827. The van der Waals surface area contributed by atoms with Crippen molar-refractivity contribution < 1.29 is 9.53 Å². The fourth-order valence-corrected chi connectivity index (χ4v) is 3.53. The van der Waals surface area contributed by atoms with Gasteiger partial charge in [0.1, 0.15) is 0 Å². The Balaban J connectivity index is 0.00000261. The van der Waals surface area contributed by atoms with Crippen LogP contribution in [0.1, 0.15) is 42.1 Å². The zero-order valence-corrected chi connectivity index (χ0v) is 16.9. The van der Waals surface area contributed by atoms with Gasteiger partial charge in [-0.2, -0.15) is 0 Å². The molecule has 2 N–H and O–H groups in total. The molecule has 1 saturated heterocycles. The highest BCUT2D eigenvalue weighted by molar-refractivity contribution is 5.95. The van der Waals surface area contributed by atoms with Crippen molar-refractivity contribution in [2.75, 3.05) is 26.2 Å². The molecule has 0 bridgehead atoms. The Morgan fingerprint density at radius 2 is 2.00 bits per heavy atom. The number of hydrogen-bond donors (Lipinski definition) is 1. The molecule has 3 rings (SSSR count). The van der Waals surface area contributed by atoms with Gasteiger partial charge in [-0.3, -0.25) is 4.79 Å². The van der Waals surface area contributed by atoms with Gasteiger partial charge in [-0.1, -0.05) is 50.2 Å². The highest BCUT2D eigenvalue weighted by atomic mass is 35.5. The third kappa shape index (κ3) is 5.10. The summed E-state index contributed by atoms with van der Waals surface area (Å²) in [5.41, 5.74) is 9.94. The molecule has 1 heterocycles. The lowest BCUT2D eigenvalue weighted by Crippen LogP contribution is -2.46. The number of ether oxygens (including phenoxy) is 1. The van der Waals surface area contributed by atoms with Crippen molar-refractivity contribution in [2.24, 2.45) is 5.73 Å². The Kier molecular flexibility index (Phi) is 7.84. The van der Waals surface area contributed by atoms with Gasteiger partial charge in [0, 0.05) is 18.7 Å². The van der Waals surface area contributed by atoms with Crippen molar-refractivity contribution in [1.82, 2.24) is 4.90 Å². The molecular formula is C22H29ClN2O2. The number of amides is 1. The van der Waals surface area contributed by atoms with Crippen LogP contribution in [-0.4, -0.2) is 43.2 Å². The van der Waals surface area contributed by atoms with Crippen LogP contribution in [0, 0.1) is 0 Å². The van der Waals surface area contributed by atoms with E-state index in [4.69, 9.17) is 10.5 Å². The third-order valence-electron chi connectivity index (χ3n) is 4.92. The van der Waals surface area contributed by atoms with E-state index in [-0.39, 0.29) is 24.4 Å². The van der Waals surface area contributed by atoms with Crippen LogP contribution in [0.3, 0.4) is 0 Å². The second-order valence-corrected chi connectivity index (χ2v) is 7.14. The van der Waals surface area contributed by atoms with Crippen LogP contribution in [-0.2, 0) is 4.74 Å². The number of rotatable bonds is 5. The lowest BCUT2D eigenvalue weighted by molar-refractivity contribution is -0.0236. The molecule has 0 radical (unpaired) electrons. The minimum absolute atomic E-state index is 0. The molecule has 0 spiro atoms. The van der Waals surface area contributed by atoms with Gasteiger partial charge >= 0.3 is 0 Å². The number of nitrogens with two attached hydrogens (primary N) is 1. The molecule has 1 fully saturated rings. The van der Waals surface area contributed by atoms with Crippen LogP contribution in [0.15, 0.2) is 48.5 Å². The summed E-state index contributed by atoms with van der Waals surface area (Å²) in [7, 11) is 0. The highest BCUT2D eigenvalue weighted by Gasteiger charge is 2.24. The van der Waals surface area contributed by atoms with Crippen LogP contribution in [0.2, 0.25) is 0 Å². The molecule has 0 saturated carbocycles. The maximum atomic E-state index is 13.0. The summed E-state index contributed by atoms with van der Waals surface area (Å²) in [5.74, 6) is 0.501. The molecule has 1 aliphatic heterocycles. The number of carbonyl (C=O) groups excluding carboxylic acids is 1. The SMILES string of the molecule is CC(C)c1ccccc1-c1cccc(C(=O)N2CCOC(CCN)C2)c1.Cl. The molecule has 1 aliphatic rings. The van der Waals surface area contributed by atoms with Crippen LogP contribution in [0.4, 0.5) is 0 Å². The molecule has 146 valence electrons. The van der Waals surface area contributed by atoms with Crippen LogP contribution >= 0.6 is 12.4 Å². The van der Waals surface area contributed by atoms with E-state index in [2.05, 4.69) is 44.2 Å². The first-order valence-corrected chi connectivity index (χ1v) is 9.40. The van der Waals surface area contributed by atoms with Crippen molar-refractivity contribution in [3.8, 4) is 11.1 Å². The van der Waals surface area contributed by atoms with E-state index in [0.29, 0.717) is 32.2 Å². The quantitative estimate of drug-likeness (QED) is 0.839. The number of hydrogen-bond acceptors (Lipinski definition) is 3. The Morgan fingerprint density at radius 3 is 2.74 bits per heavy atom. The molecule has 0 aromatic heterocycles. The first kappa shape index (κ1) is 21.4.